The number of ether oxygens (including phenoxy) is 2. The molecule has 0 radical (unpaired) electrons. The highest BCUT2D eigenvalue weighted by atomic mass is 35.5. The van der Waals surface area contributed by atoms with Crippen molar-refractivity contribution in [3.8, 4) is 5.75 Å². The fraction of sp³-hybridized carbons (Fsp3) is 0.417. The van der Waals surface area contributed by atoms with E-state index < -0.39 is 0 Å². The highest BCUT2D eigenvalue weighted by Crippen LogP contribution is 2.25. The second kappa shape index (κ2) is 5.49. The highest BCUT2D eigenvalue weighted by molar-refractivity contribution is 6.32. The maximum Gasteiger partial charge on any atom is 0.182 e. The lowest BCUT2D eigenvalue weighted by atomic mass is 10.0. The molecular formula is C12H14ClNO3. The number of nitrogens with one attached hydrogen (secondary N) is 1. The predicted octanol–water partition coefficient (Wildman–Crippen LogP) is 1.52. The lowest BCUT2D eigenvalue weighted by molar-refractivity contribution is 0.0607. The summed E-state index contributed by atoms with van der Waals surface area (Å²) >= 11 is 5.91. The quantitative estimate of drug-likeness (QED) is 0.832. The number of methoxy groups -OCH3 is 1. The molecule has 1 aliphatic rings. The molecule has 92 valence electrons. The monoisotopic (exact) mass is 255 g/mol. The molecule has 1 heterocycles. The van der Waals surface area contributed by atoms with Crippen LogP contribution in [0.5, 0.6) is 5.75 Å². The lowest BCUT2D eigenvalue weighted by Gasteiger charge is -2.22. The zero-order valence-corrected chi connectivity index (χ0v) is 10.3. The van der Waals surface area contributed by atoms with Crippen molar-refractivity contribution in [1.29, 1.82) is 0 Å². The molecule has 17 heavy (non-hydrogen) atoms. The topological polar surface area (TPSA) is 47.6 Å². The third-order valence-corrected chi connectivity index (χ3v) is 2.99. The number of benzene rings is 1. The van der Waals surface area contributed by atoms with Gasteiger partial charge in [0.15, 0.2) is 5.78 Å². The number of hydrogen-bond acceptors (Lipinski definition) is 4. The average molecular weight is 256 g/mol. The van der Waals surface area contributed by atoms with E-state index in [1.54, 1.807) is 18.2 Å². The van der Waals surface area contributed by atoms with Crippen LogP contribution in [0.25, 0.3) is 0 Å². The Balaban J connectivity index is 2.18. The van der Waals surface area contributed by atoms with Gasteiger partial charge in [0.05, 0.1) is 31.4 Å². The van der Waals surface area contributed by atoms with Crippen LogP contribution in [0.15, 0.2) is 18.2 Å². The number of hydrogen-bond donors (Lipinski definition) is 1. The number of Topliss-reactive ketones (excluding diaryl/α,β-unsaturated/α-hetero) is 1. The van der Waals surface area contributed by atoms with Gasteiger partial charge in [0.2, 0.25) is 0 Å². The first-order chi connectivity index (χ1) is 8.22. The summed E-state index contributed by atoms with van der Waals surface area (Å²) in [6, 6.07) is 4.73. The summed E-state index contributed by atoms with van der Waals surface area (Å²) in [6.07, 6.45) is 0. The van der Waals surface area contributed by atoms with Crippen LogP contribution in [0, 0.1) is 0 Å². The molecule has 0 spiro atoms. The van der Waals surface area contributed by atoms with Crippen molar-refractivity contribution in [3.05, 3.63) is 28.8 Å². The number of halogens is 1. The summed E-state index contributed by atoms with van der Waals surface area (Å²) in [6.45, 7) is 1.75. The van der Waals surface area contributed by atoms with Crippen molar-refractivity contribution in [2.75, 3.05) is 26.9 Å². The van der Waals surface area contributed by atoms with Crippen molar-refractivity contribution < 1.29 is 14.3 Å². The number of morpholine rings is 1. The molecule has 0 aliphatic carbocycles. The van der Waals surface area contributed by atoms with Crippen LogP contribution in [-0.4, -0.2) is 38.7 Å². The molecule has 1 aliphatic heterocycles. The fourth-order valence-corrected chi connectivity index (χ4v) is 1.94. The smallest absolute Gasteiger partial charge is 0.182 e. The second-order valence-electron chi connectivity index (χ2n) is 3.80. The summed E-state index contributed by atoms with van der Waals surface area (Å²) in [5.74, 6) is 0.508. The largest absolute Gasteiger partial charge is 0.495 e. The molecule has 1 aromatic carbocycles. The van der Waals surface area contributed by atoms with E-state index in [1.807, 2.05) is 0 Å². The normalized spacial score (nSPS) is 20.0. The van der Waals surface area contributed by atoms with Gasteiger partial charge in [-0.3, -0.25) is 4.79 Å². The van der Waals surface area contributed by atoms with Gasteiger partial charge in [-0.1, -0.05) is 11.6 Å². The summed E-state index contributed by atoms with van der Waals surface area (Å²) in [5.41, 5.74) is 0.578. The number of rotatable bonds is 3. The van der Waals surface area contributed by atoms with Gasteiger partial charge in [0.1, 0.15) is 5.75 Å². The molecule has 2 rings (SSSR count). The van der Waals surface area contributed by atoms with Crippen molar-refractivity contribution in [2.24, 2.45) is 0 Å². The second-order valence-corrected chi connectivity index (χ2v) is 4.20. The molecule has 1 aromatic rings. The van der Waals surface area contributed by atoms with Gasteiger partial charge in [0.25, 0.3) is 0 Å². The predicted molar refractivity (Wildman–Crippen MR) is 64.9 cm³/mol. The van der Waals surface area contributed by atoms with Crippen LogP contribution in [0.4, 0.5) is 0 Å². The van der Waals surface area contributed by atoms with Crippen LogP contribution in [0.1, 0.15) is 10.4 Å². The van der Waals surface area contributed by atoms with E-state index in [4.69, 9.17) is 21.1 Å². The first kappa shape index (κ1) is 12.4. The van der Waals surface area contributed by atoms with Gasteiger partial charge in [0, 0.05) is 12.1 Å². The summed E-state index contributed by atoms with van der Waals surface area (Å²) in [7, 11) is 1.53. The molecule has 1 saturated heterocycles. The zero-order chi connectivity index (χ0) is 12.3. The number of carbonyl (C=O) groups is 1. The first-order valence-electron chi connectivity index (χ1n) is 5.41. The lowest BCUT2D eigenvalue weighted by Crippen LogP contribution is -2.46. The third-order valence-electron chi connectivity index (χ3n) is 2.67. The van der Waals surface area contributed by atoms with E-state index in [0.717, 1.165) is 0 Å². The molecular weight excluding hydrogens is 242 g/mol. The maximum atomic E-state index is 12.1. The Hall–Kier alpha value is -1.10. The SMILES string of the molecule is COc1cc(C(=O)C2COCCN2)ccc1Cl. The van der Waals surface area contributed by atoms with Crippen molar-refractivity contribution in [1.82, 2.24) is 5.32 Å². The van der Waals surface area contributed by atoms with E-state index in [1.165, 1.54) is 7.11 Å². The summed E-state index contributed by atoms with van der Waals surface area (Å²) in [5, 5.41) is 3.62. The summed E-state index contributed by atoms with van der Waals surface area (Å²) in [4.78, 5) is 12.1. The average Bonchev–Trinajstić information content (AvgIpc) is 2.39. The van der Waals surface area contributed by atoms with Gasteiger partial charge in [-0.2, -0.15) is 0 Å². The molecule has 0 saturated carbocycles. The molecule has 5 heteroatoms. The van der Waals surface area contributed by atoms with E-state index in [0.29, 0.717) is 36.1 Å². The molecule has 1 fully saturated rings. The Labute approximate surface area is 105 Å². The van der Waals surface area contributed by atoms with Crippen LogP contribution in [0.2, 0.25) is 5.02 Å². The van der Waals surface area contributed by atoms with Crippen molar-refractivity contribution >= 4 is 17.4 Å². The van der Waals surface area contributed by atoms with Gasteiger partial charge < -0.3 is 14.8 Å². The Kier molecular flexibility index (Phi) is 3.99. The van der Waals surface area contributed by atoms with Gasteiger partial charge in [-0.05, 0) is 18.2 Å². The number of carbonyl (C=O) groups excluding carboxylic acids is 1. The van der Waals surface area contributed by atoms with E-state index in [2.05, 4.69) is 5.32 Å². The highest BCUT2D eigenvalue weighted by Gasteiger charge is 2.23. The first-order valence-corrected chi connectivity index (χ1v) is 5.79. The van der Waals surface area contributed by atoms with E-state index in [9.17, 15) is 4.79 Å². The Bertz CT molecular complexity index is 416. The van der Waals surface area contributed by atoms with Crippen molar-refractivity contribution in [2.45, 2.75) is 6.04 Å². The van der Waals surface area contributed by atoms with Crippen LogP contribution < -0.4 is 10.1 Å². The Morgan fingerprint density at radius 1 is 1.59 bits per heavy atom. The zero-order valence-electron chi connectivity index (χ0n) is 9.53. The molecule has 0 amide bonds. The molecule has 1 N–H and O–H groups in total. The minimum atomic E-state index is -0.283. The summed E-state index contributed by atoms with van der Waals surface area (Å²) < 4.78 is 10.4. The van der Waals surface area contributed by atoms with Gasteiger partial charge in [-0.15, -0.1) is 0 Å². The van der Waals surface area contributed by atoms with Crippen LogP contribution >= 0.6 is 11.6 Å². The molecule has 1 atom stereocenters. The Morgan fingerprint density at radius 2 is 2.41 bits per heavy atom. The van der Waals surface area contributed by atoms with Crippen LogP contribution in [-0.2, 0) is 4.74 Å². The molecule has 0 aromatic heterocycles. The van der Waals surface area contributed by atoms with Gasteiger partial charge in [-0.25, -0.2) is 0 Å². The standard InChI is InChI=1S/C12H14ClNO3/c1-16-11-6-8(2-3-9(11)13)12(15)10-7-17-5-4-14-10/h2-3,6,10,14H,4-5,7H2,1H3. The van der Waals surface area contributed by atoms with E-state index >= 15 is 0 Å². The third kappa shape index (κ3) is 2.77. The minimum Gasteiger partial charge on any atom is -0.495 e. The maximum absolute atomic E-state index is 12.1. The fourth-order valence-electron chi connectivity index (χ4n) is 1.75. The Morgan fingerprint density at radius 3 is 3.06 bits per heavy atom. The minimum absolute atomic E-state index is 0.000309. The van der Waals surface area contributed by atoms with Crippen molar-refractivity contribution in [3.63, 3.8) is 0 Å². The van der Waals surface area contributed by atoms with Crippen LogP contribution in [0.3, 0.4) is 0 Å². The molecule has 1 unspecified atom stereocenters. The van der Waals surface area contributed by atoms with E-state index in [-0.39, 0.29) is 11.8 Å². The molecule has 0 bridgehead atoms. The van der Waals surface area contributed by atoms with Gasteiger partial charge >= 0.3 is 0 Å². The number of ketones is 1. The molecule has 4 nitrogen and oxygen atoms in total.